The minimum Gasteiger partial charge on any atom is -0.494 e. The summed E-state index contributed by atoms with van der Waals surface area (Å²) in [6, 6.07) is 10.6. The van der Waals surface area contributed by atoms with Crippen LogP contribution in [0.5, 0.6) is 5.75 Å². The van der Waals surface area contributed by atoms with Gasteiger partial charge in [0.15, 0.2) is 11.6 Å². The van der Waals surface area contributed by atoms with Crippen molar-refractivity contribution < 1.29 is 13.9 Å². The van der Waals surface area contributed by atoms with Crippen molar-refractivity contribution in [3.05, 3.63) is 57.9 Å². The number of aromatic nitrogens is 1. The van der Waals surface area contributed by atoms with Gasteiger partial charge in [0.2, 0.25) is 5.91 Å². The minimum absolute atomic E-state index is 0.128. The van der Waals surface area contributed by atoms with Crippen LogP contribution in [0.2, 0.25) is 0 Å². The highest BCUT2D eigenvalue weighted by molar-refractivity contribution is 9.10. The van der Waals surface area contributed by atoms with E-state index in [4.69, 9.17) is 4.74 Å². The van der Waals surface area contributed by atoms with Gasteiger partial charge < -0.3 is 15.0 Å². The molecule has 0 aliphatic carbocycles. The first kappa shape index (κ1) is 19.0. The molecule has 0 bridgehead atoms. The third-order valence-electron chi connectivity index (χ3n) is 5.13. The number of nitrogens with one attached hydrogen (secondary N) is 2. The van der Waals surface area contributed by atoms with E-state index in [1.165, 1.54) is 35.9 Å². The molecular weight excluding hydrogens is 425 g/mol. The number of fused-ring (bicyclic) bond motifs is 3. The van der Waals surface area contributed by atoms with Crippen LogP contribution in [0.15, 0.2) is 40.9 Å². The molecule has 28 heavy (non-hydrogen) atoms. The molecular formula is C21H21BrFN3O2. The van der Waals surface area contributed by atoms with E-state index in [1.54, 1.807) is 6.07 Å². The van der Waals surface area contributed by atoms with Gasteiger partial charge in [0.1, 0.15) is 0 Å². The first-order valence-corrected chi connectivity index (χ1v) is 9.98. The summed E-state index contributed by atoms with van der Waals surface area (Å²) < 4.78 is 19.7. The molecule has 0 radical (unpaired) electrons. The number of para-hydroxylation sites is 1. The third kappa shape index (κ3) is 3.77. The van der Waals surface area contributed by atoms with Crippen molar-refractivity contribution in [3.63, 3.8) is 0 Å². The number of rotatable bonds is 5. The van der Waals surface area contributed by atoms with Crippen molar-refractivity contribution in [2.75, 3.05) is 25.5 Å². The van der Waals surface area contributed by atoms with Gasteiger partial charge in [-0.1, -0.05) is 12.1 Å². The van der Waals surface area contributed by atoms with E-state index >= 15 is 0 Å². The number of H-pyrrole nitrogens is 1. The number of carbonyl (C=O) groups is 1. The SMILES string of the molecule is COc1ccc(NC(=O)CCN2CCc3[nH]c4c(Br)cccc4c3C2)cc1F. The Hall–Kier alpha value is -2.38. The maximum Gasteiger partial charge on any atom is 0.225 e. The standard InChI is InChI=1S/C21H21BrFN3O2/c1-28-19-6-5-13(11-17(19)23)24-20(27)8-10-26-9-7-18-15(12-26)14-3-2-4-16(22)21(14)25-18/h2-6,11,25H,7-10,12H2,1H3,(H,24,27). The molecule has 1 aliphatic rings. The lowest BCUT2D eigenvalue weighted by Gasteiger charge is -2.26. The summed E-state index contributed by atoms with van der Waals surface area (Å²) in [5, 5.41) is 3.98. The van der Waals surface area contributed by atoms with Gasteiger partial charge in [0.25, 0.3) is 0 Å². The quantitative estimate of drug-likeness (QED) is 0.609. The lowest BCUT2D eigenvalue weighted by atomic mass is 10.0. The molecule has 5 nitrogen and oxygen atoms in total. The van der Waals surface area contributed by atoms with Crippen LogP contribution >= 0.6 is 15.9 Å². The second kappa shape index (κ2) is 7.93. The van der Waals surface area contributed by atoms with Crippen molar-refractivity contribution in [2.45, 2.75) is 19.4 Å². The van der Waals surface area contributed by atoms with Gasteiger partial charge in [-0.2, -0.15) is 0 Å². The fourth-order valence-electron chi connectivity index (χ4n) is 3.68. The molecule has 1 aliphatic heterocycles. The second-order valence-electron chi connectivity index (χ2n) is 6.92. The summed E-state index contributed by atoms with van der Waals surface area (Å²) in [5.41, 5.74) is 4.15. The minimum atomic E-state index is -0.491. The topological polar surface area (TPSA) is 57.4 Å². The number of benzene rings is 2. The van der Waals surface area contributed by atoms with Gasteiger partial charge in [-0.3, -0.25) is 9.69 Å². The zero-order valence-corrected chi connectivity index (χ0v) is 17.1. The van der Waals surface area contributed by atoms with Crippen molar-refractivity contribution >= 4 is 38.4 Å². The number of hydrogen-bond acceptors (Lipinski definition) is 3. The number of halogens is 2. The molecule has 2 N–H and O–H groups in total. The van der Waals surface area contributed by atoms with Crippen molar-refractivity contribution in [2.24, 2.45) is 0 Å². The highest BCUT2D eigenvalue weighted by atomic mass is 79.9. The maximum atomic E-state index is 13.8. The second-order valence-corrected chi connectivity index (χ2v) is 7.77. The average Bonchev–Trinajstić information content (AvgIpc) is 3.06. The number of hydrogen-bond donors (Lipinski definition) is 2. The average molecular weight is 446 g/mol. The van der Waals surface area contributed by atoms with Gasteiger partial charge >= 0.3 is 0 Å². The molecule has 146 valence electrons. The van der Waals surface area contributed by atoms with Crippen LogP contribution in [0.3, 0.4) is 0 Å². The number of ether oxygens (including phenoxy) is 1. The van der Waals surface area contributed by atoms with E-state index in [1.807, 2.05) is 12.1 Å². The van der Waals surface area contributed by atoms with Crippen molar-refractivity contribution in [1.29, 1.82) is 0 Å². The normalized spacial score (nSPS) is 14.1. The molecule has 0 atom stereocenters. The first-order chi connectivity index (χ1) is 13.5. The molecule has 7 heteroatoms. The van der Waals surface area contributed by atoms with E-state index in [2.05, 4.69) is 37.2 Å². The number of aromatic amines is 1. The van der Waals surface area contributed by atoms with Gasteiger partial charge in [-0.15, -0.1) is 0 Å². The van der Waals surface area contributed by atoms with Gasteiger partial charge in [0.05, 0.1) is 12.6 Å². The van der Waals surface area contributed by atoms with E-state index in [-0.39, 0.29) is 11.7 Å². The Kier molecular flexibility index (Phi) is 5.37. The van der Waals surface area contributed by atoms with Crippen LogP contribution in [-0.2, 0) is 17.8 Å². The molecule has 4 rings (SSSR count). The van der Waals surface area contributed by atoms with Crippen LogP contribution in [0, 0.1) is 5.82 Å². The summed E-state index contributed by atoms with van der Waals surface area (Å²) >= 11 is 3.60. The van der Waals surface area contributed by atoms with Gasteiger partial charge in [-0.25, -0.2) is 4.39 Å². The van der Waals surface area contributed by atoms with E-state index in [0.717, 1.165) is 29.5 Å². The third-order valence-corrected chi connectivity index (χ3v) is 5.79. The first-order valence-electron chi connectivity index (χ1n) is 9.19. The summed E-state index contributed by atoms with van der Waals surface area (Å²) in [4.78, 5) is 18.1. The fraction of sp³-hybridized carbons (Fsp3) is 0.286. The van der Waals surface area contributed by atoms with Gasteiger partial charge in [0, 0.05) is 59.8 Å². The summed E-state index contributed by atoms with van der Waals surface area (Å²) in [6.07, 6.45) is 1.29. The Labute approximate surface area is 171 Å². The largest absolute Gasteiger partial charge is 0.494 e. The zero-order valence-electron chi connectivity index (χ0n) is 15.5. The predicted molar refractivity (Wildman–Crippen MR) is 111 cm³/mol. The molecule has 1 aromatic heterocycles. The van der Waals surface area contributed by atoms with Crippen LogP contribution in [0.1, 0.15) is 17.7 Å². The number of nitrogens with zero attached hydrogens (tertiary/aromatic N) is 1. The number of anilines is 1. The van der Waals surface area contributed by atoms with E-state index in [0.29, 0.717) is 18.7 Å². The highest BCUT2D eigenvalue weighted by Crippen LogP contribution is 2.31. The van der Waals surface area contributed by atoms with E-state index in [9.17, 15) is 9.18 Å². The Morgan fingerprint density at radius 1 is 1.36 bits per heavy atom. The van der Waals surface area contributed by atoms with Crippen molar-refractivity contribution in [3.8, 4) is 5.75 Å². The van der Waals surface area contributed by atoms with Crippen LogP contribution in [0.4, 0.5) is 10.1 Å². The molecule has 2 heterocycles. The number of amides is 1. The molecule has 0 saturated carbocycles. The Morgan fingerprint density at radius 3 is 3.00 bits per heavy atom. The molecule has 0 unspecified atom stereocenters. The molecule has 1 amide bonds. The number of methoxy groups -OCH3 is 1. The van der Waals surface area contributed by atoms with Crippen LogP contribution in [0.25, 0.3) is 10.9 Å². The smallest absolute Gasteiger partial charge is 0.225 e. The fourth-order valence-corrected chi connectivity index (χ4v) is 4.14. The zero-order chi connectivity index (χ0) is 19.7. The Morgan fingerprint density at radius 2 is 2.21 bits per heavy atom. The van der Waals surface area contributed by atoms with Gasteiger partial charge in [-0.05, 0) is 39.7 Å². The lowest BCUT2D eigenvalue weighted by Crippen LogP contribution is -2.33. The summed E-state index contributed by atoms with van der Waals surface area (Å²) in [6.45, 7) is 2.38. The monoisotopic (exact) mass is 445 g/mol. The van der Waals surface area contributed by atoms with E-state index < -0.39 is 5.82 Å². The molecule has 0 spiro atoms. The predicted octanol–water partition coefficient (Wildman–Crippen LogP) is 4.47. The molecule has 0 saturated heterocycles. The summed E-state index contributed by atoms with van der Waals surface area (Å²) in [7, 11) is 1.41. The van der Waals surface area contributed by atoms with Crippen molar-refractivity contribution in [1.82, 2.24) is 9.88 Å². The molecule has 3 aromatic rings. The maximum absolute atomic E-state index is 13.8. The van der Waals surface area contributed by atoms with Crippen LogP contribution < -0.4 is 10.1 Å². The molecule has 2 aromatic carbocycles. The Bertz CT molecular complexity index is 1030. The summed E-state index contributed by atoms with van der Waals surface area (Å²) in [5.74, 6) is -0.459. The molecule has 0 fully saturated rings. The lowest BCUT2D eigenvalue weighted by molar-refractivity contribution is -0.116. The van der Waals surface area contributed by atoms with Crippen LogP contribution in [-0.4, -0.2) is 36.0 Å². The highest BCUT2D eigenvalue weighted by Gasteiger charge is 2.21. The number of carbonyl (C=O) groups excluding carboxylic acids is 1. The Balaban J connectivity index is 1.37.